The van der Waals surface area contributed by atoms with Crippen molar-refractivity contribution in [2.45, 2.75) is 51.0 Å². The highest BCUT2D eigenvalue weighted by atomic mass is 19.1. The van der Waals surface area contributed by atoms with Crippen LogP contribution >= 0.6 is 0 Å². The summed E-state index contributed by atoms with van der Waals surface area (Å²) in [7, 11) is 0. The molecule has 0 spiro atoms. The Bertz CT molecular complexity index is 1010. The van der Waals surface area contributed by atoms with E-state index < -0.39 is 11.6 Å². The van der Waals surface area contributed by atoms with Gasteiger partial charge in [0.25, 0.3) is 0 Å². The maximum Gasteiger partial charge on any atom is 0.223 e. The Hall–Kier alpha value is -3.02. The lowest BCUT2D eigenvalue weighted by molar-refractivity contribution is -0.132. The molecule has 0 unspecified atom stereocenters. The van der Waals surface area contributed by atoms with Crippen LogP contribution in [0, 0.1) is 11.6 Å². The number of carbonyl (C=O) groups is 1. The standard InChI is InChI=1S/C25H26F2N2O2/c1-2-18(17-8-4-3-5-9-17)21-12-7-15-29(21)24(30)14-13-23-28-16-22(31-23)25-19(26)10-6-11-20(25)27/h3-6,8-11,16,18,21H,2,7,12-15H2,1H3/t18-,21+/m1/s1. The van der Waals surface area contributed by atoms with Gasteiger partial charge in [0.1, 0.15) is 11.6 Å². The van der Waals surface area contributed by atoms with Gasteiger partial charge in [-0.3, -0.25) is 4.79 Å². The molecule has 3 aromatic rings. The van der Waals surface area contributed by atoms with Crippen molar-refractivity contribution in [3.8, 4) is 11.3 Å². The fraction of sp³-hybridized carbons (Fsp3) is 0.360. The van der Waals surface area contributed by atoms with Gasteiger partial charge in [-0.1, -0.05) is 43.3 Å². The minimum atomic E-state index is -0.704. The molecule has 1 amide bonds. The maximum atomic E-state index is 14.0. The van der Waals surface area contributed by atoms with Crippen LogP contribution in [0.15, 0.2) is 59.1 Å². The van der Waals surface area contributed by atoms with Crippen LogP contribution in [0.2, 0.25) is 0 Å². The molecule has 4 rings (SSSR count). The zero-order valence-corrected chi connectivity index (χ0v) is 17.6. The van der Waals surface area contributed by atoms with E-state index in [4.69, 9.17) is 4.42 Å². The largest absolute Gasteiger partial charge is 0.441 e. The summed E-state index contributed by atoms with van der Waals surface area (Å²) >= 11 is 0. The van der Waals surface area contributed by atoms with E-state index in [9.17, 15) is 13.6 Å². The summed E-state index contributed by atoms with van der Waals surface area (Å²) in [5.74, 6) is -0.696. The zero-order chi connectivity index (χ0) is 21.8. The number of carbonyl (C=O) groups excluding carboxylic acids is 1. The Morgan fingerprint density at radius 2 is 1.90 bits per heavy atom. The molecule has 6 heteroatoms. The summed E-state index contributed by atoms with van der Waals surface area (Å²) in [4.78, 5) is 19.1. The molecule has 0 N–H and O–H groups in total. The number of aryl methyl sites for hydroxylation is 1. The van der Waals surface area contributed by atoms with Gasteiger partial charge in [-0.25, -0.2) is 13.8 Å². The lowest BCUT2D eigenvalue weighted by Gasteiger charge is -2.31. The van der Waals surface area contributed by atoms with Crippen LogP contribution in [0.1, 0.15) is 50.0 Å². The number of likely N-dealkylation sites (tertiary alicyclic amines) is 1. The molecule has 1 saturated heterocycles. The molecular weight excluding hydrogens is 398 g/mol. The van der Waals surface area contributed by atoms with E-state index in [2.05, 4.69) is 24.0 Å². The average molecular weight is 424 g/mol. The van der Waals surface area contributed by atoms with Crippen molar-refractivity contribution in [2.24, 2.45) is 0 Å². The second kappa shape index (κ2) is 9.41. The van der Waals surface area contributed by atoms with Crippen molar-refractivity contribution in [3.05, 3.63) is 77.8 Å². The number of amides is 1. The minimum Gasteiger partial charge on any atom is -0.441 e. The van der Waals surface area contributed by atoms with E-state index in [1.54, 1.807) is 0 Å². The molecule has 1 fully saturated rings. The number of benzene rings is 2. The van der Waals surface area contributed by atoms with E-state index in [1.165, 1.54) is 30.0 Å². The smallest absolute Gasteiger partial charge is 0.223 e. The molecule has 31 heavy (non-hydrogen) atoms. The summed E-state index contributed by atoms with van der Waals surface area (Å²) in [6, 6.07) is 14.2. The molecule has 0 bridgehead atoms. The first-order valence-electron chi connectivity index (χ1n) is 10.8. The zero-order valence-electron chi connectivity index (χ0n) is 17.6. The highest BCUT2D eigenvalue weighted by molar-refractivity contribution is 5.77. The van der Waals surface area contributed by atoms with E-state index in [1.807, 2.05) is 23.1 Å². The molecule has 2 atom stereocenters. The van der Waals surface area contributed by atoms with E-state index in [-0.39, 0.29) is 29.7 Å². The second-order valence-electron chi connectivity index (χ2n) is 7.94. The third-order valence-corrected chi connectivity index (χ3v) is 6.07. The number of rotatable bonds is 7. The van der Waals surface area contributed by atoms with Crippen molar-refractivity contribution in [1.82, 2.24) is 9.88 Å². The normalized spacial score (nSPS) is 17.1. The molecule has 0 saturated carbocycles. The second-order valence-corrected chi connectivity index (χ2v) is 7.94. The first kappa shape index (κ1) is 21.2. The van der Waals surface area contributed by atoms with Crippen LogP contribution in [0.25, 0.3) is 11.3 Å². The van der Waals surface area contributed by atoms with E-state index in [0.29, 0.717) is 18.2 Å². The van der Waals surface area contributed by atoms with Gasteiger partial charge < -0.3 is 9.32 Å². The van der Waals surface area contributed by atoms with E-state index in [0.717, 1.165) is 25.8 Å². The third kappa shape index (κ3) is 4.53. The molecule has 0 aliphatic carbocycles. The summed E-state index contributed by atoms with van der Waals surface area (Å²) in [6.07, 6.45) is 4.81. The lowest BCUT2D eigenvalue weighted by Crippen LogP contribution is -2.39. The van der Waals surface area contributed by atoms with Gasteiger partial charge in [-0.05, 0) is 37.0 Å². The summed E-state index contributed by atoms with van der Waals surface area (Å²) in [5.41, 5.74) is 1.03. The Morgan fingerprint density at radius 1 is 1.16 bits per heavy atom. The monoisotopic (exact) mass is 424 g/mol. The molecule has 1 aromatic heterocycles. The first-order valence-corrected chi connectivity index (χ1v) is 10.8. The molecule has 1 aliphatic rings. The van der Waals surface area contributed by atoms with Crippen molar-refractivity contribution in [1.29, 1.82) is 0 Å². The number of halogens is 2. The number of oxazole rings is 1. The fourth-order valence-electron chi connectivity index (χ4n) is 4.58. The Balaban J connectivity index is 1.42. The van der Waals surface area contributed by atoms with Crippen molar-refractivity contribution in [2.75, 3.05) is 6.54 Å². The number of nitrogens with zero attached hydrogens (tertiary/aromatic N) is 2. The predicted octanol–water partition coefficient (Wildman–Crippen LogP) is 5.74. The number of hydrogen-bond donors (Lipinski definition) is 0. The molecule has 162 valence electrons. The first-order chi connectivity index (χ1) is 15.1. The van der Waals surface area contributed by atoms with Crippen molar-refractivity contribution < 1.29 is 18.0 Å². The summed E-state index contributed by atoms with van der Waals surface area (Å²) < 4.78 is 33.5. The number of aromatic nitrogens is 1. The Morgan fingerprint density at radius 3 is 2.61 bits per heavy atom. The Labute approximate surface area is 180 Å². The van der Waals surface area contributed by atoms with Gasteiger partial charge in [-0.15, -0.1) is 0 Å². The topological polar surface area (TPSA) is 46.3 Å². The number of hydrogen-bond acceptors (Lipinski definition) is 3. The SMILES string of the molecule is CC[C@H](c1ccccc1)[C@@H]1CCCN1C(=O)CCc1ncc(-c2c(F)cccc2F)o1. The molecule has 1 aliphatic heterocycles. The van der Waals surface area contributed by atoms with Gasteiger partial charge in [0.2, 0.25) is 5.91 Å². The fourth-order valence-corrected chi connectivity index (χ4v) is 4.58. The van der Waals surface area contributed by atoms with Gasteiger partial charge in [-0.2, -0.15) is 0 Å². The minimum absolute atomic E-state index is 0.0345. The Kier molecular flexibility index (Phi) is 6.44. The average Bonchev–Trinajstić information content (AvgIpc) is 3.44. The van der Waals surface area contributed by atoms with Crippen molar-refractivity contribution in [3.63, 3.8) is 0 Å². The molecule has 4 nitrogen and oxygen atoms in total. The lowest BCUT2D eigenvalue weighted by atomic mass is 9.87. The molecule has 2 aromatic carbocycles. The molecular formula is C25H26F2N2O2. The highest BCUT2D eigenvalue weighted by Gasteiger charge is 2.34. The van der Waals surface area contributed by atoms with Crippen LogP contribution in [0.4, 0.5) is 8.78 Å². The molecule has 0 radical (unpaired) electrons. The van der Waals surface area contributed by atoms with Crippen LogP contribution < -0.4 is 0 Å². The van der Waals surface area contributed by atoms with Gasteiger partial charge in [0, 0.05) is 31.3 Å². The summed E-state index contributed by atoms with van der Waals surface area (Å²) in [5, 5.41) is 0. The molecule has 2 heterocycles. The van der Waals surface area contributed by atoms with Crippen LogP contribution in [0.5, 0.6) is 0 Å². The highest BCUT2D eigenvalue weighted by Crippen LogP contribution is 2.34. The van der Waals surface area contributed by atoms with Crippen LogP contribution in [-0.4, -0.2) is 28.4 Å². The van der Waals surface area contributed by atoms with Gasteiger partial charge in [0.15, 0.2) is 11.7 Å². The van der Waals surface area contributed by atoms with Crippen molar-refractivity contribution >= 4 is 5.91 Å². The predicted molar refractivity (Wildman–Crippen MR) is 114 cm³/mol. The van der Waals surface area contributed by atoms with Gasteiger partial charge >= 0.3 is 0 Å². The maximum absolute atomic E-state index is 14.0. The van der Waals surface area contributed by atoms with Crippen LogP contribution in [0.3, 0.4) is 0 Å². The van der Waals surface area contributed by atoms with Crippen LogP contribution in [-0.2, 0) is 11.2 Å². The third-order valence-electron chi connectivity index (χ3n) is 6.07. The van der Waals surface area contributed by atoms with Gasteiger partial charge in [0.05, 0.1) is 11.8 Å². The van der Waals surface area contributed by atoms with E-state index >= 15 is 0 Å². The quantitative estimate of drug-likeness (QED) is 0.486. The summed E-state index contributed by atoms with van der Waals surface area (Å²) in [6.45, 7) is 2.92.